The molecule has 100 valence electrons. The summed E-state index contributed by atoms with van der Waals surface area (Å²) in [5.74, 6) is 1.79. The van der Waals surface area contributed by atoms with E-state index in [1.807, 2.05) is 6.92 Å². The summed E-state index contributed by atoms with van der Waals surface area (Å²) >= 11 is 0. The van der Waals surface area contributed by atoms with Crippen LogP contribution in [0.3, 0.4) is 0 Å². The Balaban J connectivity index is 2.50. The zero-order valence-electron chi connectivity index (χ0n) is 12.2. The molecular weight excluding hydrogens is 210 g/mol. The van der Waals surface area contributed by atoms with E-state index >= 15 is 0 Å². The topological polar surface area (TPSA) is 29.1 Å². The predicted octanol–water partition coefficient (Wildman–Crippen LogP) is 3.75. The summed E-state index contributed by atoms with van der Waals surface area (Å²) in [5.41, 5.74) is 0.398. The minimum absolute atomic E-state index is 0.207. The normalized spacial score (nSPS) is 30.1. The highest BCUT2D eigenvalue weighted by molar-refractivity contribution is 5.75. The van der Waals surface area contributed by atoms with E-state index in [1.54, 1.807) is 0 Å². The lowest BCUT2D eigenvalue weighted by Crippen LogP contribution is -2.40. The molecule has 2 heteroatoms. The van der Waals surface area contributed by atoms with Crippen molar-refractivity contribution in [1.29, 1.82) is 0 Å². The Morgan fingerprint density at radius 1 is 1.29 bits per heavy atom. The summed E-state index contributed by atoms with van der Waals surface area (Å²) in [6.07, 6.45) is 5.47. The molecule has 2 nitrogen and oxygen atoms in total. The van der Waals surface area contributed by atoms with Gasteiger partial charge in [0.05, 0.1) is 0 Å². The fraction of sp³-hybridized carbons (Fsp3) is 0.933. The predicted molar refractivity (Wildman–Crippen MR) is 72.8 cm³/mol. The van der Waals surface area contributed by atoms with E-state index in [0.717, 1.165) is 18.3 Å². The average molecular weight is 239 g/mol. The van der Waals surface area contributed by atoms with E-state index in [1.165, 1.54) is 19.3 Å². The Morgan fingerprint density at radius 2 is 1.94 bits per heavy atom. The van der Waals surface area contributed by atoms with Crippen LogP contribution < -0.4 is 5.32 Å². The second kappa shape index (κ2) is 5.88. The standard InChI is InChI=1S/C15H29NO/c1-6-14(17)16-13-8-7-11(2)12(9-13)10-15(3,4)5/h11-13H,6-10H2,1-5H3,(H,16,17). The zero-order chi connectivity index (χ0) is 13.1. The Labute approximate surface area is 107 Å². The summed E-state index contributed by atoms with van der Waals surface area (Å²) in [7, 11) is 0. The maximum Gasteiger partial charge on any atom is 0.219 e. The average Bonchev–Trinajstić information content (AvgIpc) is 2.21. The smallest absolute Gasteiger partial charge is 0.219 e. The number of amides is 1. The maximum atomic E-state index is 11.4. The molecule has 0 radical (unpaired) electrons. The fourth-order valence-corrected chi connectivity index (χ4v) is 2.95. The van der Waals surface area contributed by atoms with Crippen LogP contribution in [-0.2, 0) is 4.79 Å². The molecule has 0 aromatic carbocycles. The molecule has 17 heavy (non-hydrogen) atoms. The van der Waals surface area contributed by atoms with Crippen LogP contribution in [-0.4, -0.2) is 11.9 Å². The molecule has 0 aromatic rings. The van der Waals surface area contributed by atoms with Gasteiger partial charge in [-0.3, -0.25) is 4.79 Å². The van der Waals surface area contributed by atoms with Crippen LogP contribution in [0.15, 0.2) is 0 Å². The highest BCUT2D eigenvalue weighted by Gasteiger charge is 2.31. The number of hydrogen-bond acceptors (Lipinski definition) is 1. The third-order valence-electron chi connectivity index (χ3n) is 3.92. The van der Waals surface area contributed by atoms with Crippen LogP contribution in [0, 0.1) is 17.3 Å². The molecule has 1 N–H and O–H groups in total. The number of rotatable bonds is 3. The van der Waals surface area contributed by atoms with Crippen LogP contribution in [0.1, 0.15) is 66.7 Å². The largest absolute Gasteiger partial charge is 0.353 e. The molecule has 3 atom stereocenters. The van der Waals surface area contributed by atoms with Gasteiger partial charge in [-0.1, -0.05) is 34.6 Å². The van der Waals surface area contributed by atoms with Gasteiger partial charge in [0.2, 0.25) is 5.91 Å². The highest BCUT2D eigenvalue weighted by Crippen LogP contribution is 2.37. The molecule has 1 aliphatic rings. The maximum absolute atomic E-state index is 11.4. The van der Waals surface area contributed by atoms with E-state index in [4.69, 9.17) is 0 Å². The van der Waals surface area contributed by atoms with Gasteiger partial charge in [0.15, 0.2) is 0 Å². The molecule has 0 aromatic heterocycles. The van der Waals surface area contributed by atoms with Crippen LogP contribution >= 0.6 is 0 Å². The van der Waals surface area contributed by atoms with E-state index in [9.17, 15) is 4.79 Å². The quantitative estimate of drug-likeness (QED) is 0.798. The van der Waals surface area contributed by atoms with Crippen molar-refractivity contribution in [3.8, 4) is 0 Å². The monoisotopic (exact) mass is 239 g/mol. The minimum atomic E-state index is 0.207. The van der Waals surface area contributed by atoms with Crippen molar-refractivity contribution < 1.29 is 4.79 Å². The Kier molecular flexibility index (Phi) is 5.03. The number of carbonyl (C=O) groups is 1. The van der Waals surface area contributed by atoms with Crippen molar-refractivity contribution in [3.05, 3.63) is 0 Å². The van der Waals surface area contributed by atoms with Crippen LogP contribution in [0.5, 0.6) is 0 Å². The van der Waals surface area contributed by atoms with Gasteiger partial charge < -0.3 is 5.32 Å². The fourth-order valence-electron chi connectivity index (χ4n) is 2.95. The van der Waals surface area contributed by atoms with E-state index in [-0.39, 0.29) is 5.91 Å². The van der Waals surface area contributed by atoms with Crippen molar-refractivity contribution in [1.82, 2.24) is 5.32 Å². The molecule has 1 rings (SSSR count). The Hall–Kier alpha value is -0.530. The van der Waals surface area contributed by atoms with Gasteiger partial charge in [0.25, 0.3) is 0 Å². The zero-order valence-corrected chi connectivity index (χ0v) is 12.2. The summed E-state index contributed by atoms with van der Waals surface area (Å²) in [4.78, 5) is 11.4. The lowest BCUT2D eigenvalue weighted by atomic mass is 9.71. The van der Waals surface area contributed by atoms with Crippen molar-refractivity contribution >= 4 is 5.91 Å². The second-order valence-corrected chi connectivity index (χ2v) is 6.93. The van der Waals surface area contributed by atoms with Gasteiger partial charge in [-0.25, -0.2) is 0 Å². The first-order valence-corrected chi connectivity index (χ1v) is 7.11. The van der Waals surface area contributed by atoms with Gasteiger partial charge >= 0.3 is 0 Å². The molecule has 1 amide bonds. The van der Waals surface area contributed by atoms with Crippen LogP contribution in [0.25, 0.3) is 0 Å². The second-order valence-electron chi connectivity index (χ2n) is 6.93. The lowest BCUT2D eigenvalue weighted by molar-refractivity contribution is -0.121. The highest BCUT2D eigenvalue weighted by atomic mass is 16.1. The third-order valence-corrected chi connectivity index (χ3v) is 3.92. The van der Waals surface area contributed by atoms with Crippen LogP contribution in [0.2, 0.25) is 0 Å². The molecule has 0 saturated heterocycles. The lowest BCUT2D eigenvalue weighted by Gasteiger charge is -2.38. The van der Waals surface area contributed by atoms with Crippen LogP contribution in [0.4, 0.5) is 0 Å². The summed E-state index contributed by atoms with van der Waals surface area (Å²) in [6, 6.07) is 0.422. The molecule has 0 spiro atoms. The molecule has 1 saturated carbocycles. The van der Waals surface area contributed by atoms with Crippen molar-refractivity contribution in [2.45, 2.75) is 72.8 Å². The number of carbonyl (C=O) groups excluding carboxylic acids is 1. The molecule has 0 aliphatic heterocycles. The van der Waals surface area contributed by atoms with Crippen molar-refractivity contribution in [3.63, 3.8) is 0 Å². The van der Waals surface area contributed by atoms with E-state index < -0.39 is 0 Å². The molecule has 3 unspecified atom stereocenters. The molecule has 1 aliphatic carbocycles. The summed E-state index contributed by atoms with van der Waals surface area (Å²) < 4.78 is 0. The Bertz CT molecular complexity index is 254. The first-order chi connectivity index (χ1) is 7.81. The third kappa shape index (κ3) is 5.10. The van der Waals surface area contributed by atoms with Crippen molar-refractivity contribution in [2.24, 2.45) is 17.3 Å². The molecular formula is C15H29NO. The van der Waals surface area contributed by atoms with Gasteiger partial charge in [-0.05, 0) is 42.9 Å². The minimum Gasteiger partial charge on any atom is -0.353 e. The van der Waals surface area contributed by atoms with Gasteiger partial charge in [0.1, 0.15) is 0 Å². The number of hydrogen-bond donors (Lipinski definition) is 1. The SMILES string of the molecule is CCC(=O)NC1CCC(C)C(CC(C)(C)C)C1. The molecule has 0 heterocycles. The summed E-state index contributed by atoms with van der Waals surface area (Å²) in [6.45, 7) is 11.2. The van der Waals surface area contributed by atoms with Gasteiger partial charge in [0, 0.05) is 12.5 Å². The Morgan fingerprint density at radius 3 is 2.47 bits per heavy atom. The molecule has 0 bridgehead atoms. The van der Waals surface area contributed by atoms with Gasteiger partial charge in [-0.15, -0.1) is 0 Å². The molecule has 1 fully saturated rings. The number of nitrogens with one attached hydrogen (secondary N) is 1. The van der Waals surface area contributed by atoms with Gasteiger partial charge in [-0.2, -0.15) is 0 Å². The first-order valence-electron chi connectivity index (χ1n) is 7.11. The first kappa shape index (κ1) is 14.5. The summed E-state index contributed by atoms with van der Waals surface area (Å²) in [5, 5.41) is 3.17. The van der Waals surface area contributed by atoms with E-state index in [2.05, 4.69) is 33.0 Å². The van der Waals surface area contributed by atoms with E-state index in [0.29, 0.717) is 17.9 Å². The van der Waals surface area contributed by atoms with Crippen molar-refractivity contribution in [2.75, 3.05) is 0 Å².